The van der Waals surface area contributed by atoms with Gasteiger partial charge in [0.05, 0.1) is 17.3 Å². The van der Waals surface area contributed by atoms with Gasteiger partial charge in [0, 0.05) is 18.0 Å². The van der Waals surface area contributed by atoms with Crippen LogP contribution in [0, 0.1) is 0 Å². The second-order valence-electron chi connectivity index (χ2n) is 5.94. The van der Waals surface area contributed by atoms with Crippen LogP contribution in [-0.4, -0.2) is 29.9 Å². The molecule has 29 heavy (non-hydrogen) atoms. The molecule has 8 nitrogen and oxygen atoms in total. The second kappa shape index (κ2) is 8.22. The lowest BCUT2D eigenvalue weighted by Gasteiger charge is -2.08. The first-order valence-electron chi connectivity index (χ1n) is 8.65. The fourth-order valence-electron chi connectivity index (χ4n) is 2.58. The predicted octanol–water partition coefficient (Wildman–Crippen LogP) is 2.79. The second-order valence-corrected chi connectivity index (χ2v) is 5.94. The molecular formula is C21H15N3O5. The molecule has 2 heterocycles. The summed E-state index contributed by atoms with van der Waals surface area (Å²) in [5.41, 5.74) is 3.64. The molecule has 0 saturated carbocycles. The summed E-state index contributed by atoms with van der Waals surface area (Å²) in [5, 5.41) is 3.93. The molecule has 8 heteroatoms. The van der Waals surface area contributed by atoms with Crippen molar-refractivity contribution >= 4 is 18.1 Å². The Bertz CT molecular complexity index is 1080. The number of ether oxygens (including phenoxy) is 3. The molecule has 0 bridgehead atoms. The van der Waals surface area contributed by atoms with Gasteiger partial charge >= 0.3 is 5.97 Å². The van der Waals surface area contributed by atoms with E-state index in [1.165, 1.54) is 12.4 Å². The van der Waals surface area contributed by atoms with Gasteiger partial charge < -0.3 is 14.2 Å². The first-order valence-corrected chi connectivity index (χ1v) is 8.65. The van der Waals surface area contributed by atoms with Crippen molar-refractivity contribution in [2.75, 3.05) is 6.79 Å². The topological polar surface area (TPSA) is 99.1 Å². The Morgan fingerprint density at radius 1 is 1.03 bits per heavy atom. The third-order valence-electron chi connectivity index (χ3n) is 4.02. The number of benzene rings is 2. The SMILES string of the molecule is O=C(NN=Cc1ccccc1OC(=O)c1ccc2c(c1)OCO2)c1cccnc1. The normalized spacial score (nSPS) is 12.0. The van der Waals surface area contributed by atoms with Gasteiger partial charge in [0.1, 0.15) is 5.75 Å². The number of rotatable bonds is 5. The van der Waals surface area contributed by atoms with Gasteiger partial charge in [-0.3, -0.25) is 9.78 Å². The predicted molar refractivity (Wildman–Crippen MR) is 103 cm³/mol. The van der Waals surface area contributed by atoms with Crippen molar-refractivity contribution in [2.24, 2.45) is 5.10 Å². The molecule has 0 saturated heterocycles. The fourth-order valence-corrected chi connectivity index (χ4v) is 2.58. The lowest BCUT2D eigenvalue weighted by molar-refractivity contribution is 0.0733. The van der Waals surface area contributed by atoms with Gasteiger partial charge in [0.2, 0.25) is 6.79 Å². The van der Waals surface area contributed by atoms with Crippen LogP contribution in [0.3, 0.4) is 0 Å². The number of fused-ring (bicyclic) bond motifs is 1. The molecule has 1 N–H and O–H groups in total. The zero-order valence-electron chi connectivity index (χ0n) is 15.1. The molecule has 0 unspecified atom stereocenters. The van der Waals surface area contributed by atoms with Gasteiger partial charge in [-0.2, -0.15) is 5.10 Å². The first-order chi connectivity index (χ1) is 14.2. The van der Waals surface area contributed by atoms with Gasteiger partial charge in [-0.05, 0) is 42.5 Å². The third-order valence-corrected chi connectivity index (χ3v) is 4.02. The summed E-state index contributed by atoms with van der Waals surface area (Å²) in [4.78, 5) is 28.4. The first kappa shape index (κ1) is 18.2. The molecule has 0 fully saturated rings. The van der Waals surface area contributed by atoms with E-state index in [2.05, 4.69) is 15.5 Å². The summed E-state index contributed by atoms with van der Waals surface area (Å²) in [7, 11) is 0. The number of pyridine rings is 1. The number of hydrogen-bond acceptors (Lipinski definition) is 7. The van der Waals surface area contributed by atoms with Gasteiger partial charge in [-0.25, -0.2) is 10.2 Å². The lowest BCUT2D eigenvalue weighted by atomic mass is 10.2. The Labute approximate surface area is 165 Å². The Hall–Kier alpha value is -4.20. The van der Waals surface area contributed by atoms with Crippen LogP contribution in [0.4, 0.5) is 0 Å². The number of carbonyl (C=O) groups is 2. The summed E-state index contributed by atoms with van der Waals surface area (Å²) in [6.07, 6.45) is 4.41. The summed E-state index contributed by atoms with van der Waals surface area (Å²) < 4.78 is 16.0. The van der Waals surface area contributed by atoms with Gasteiger partial charge in [0.15, 0.2) is 11.5 Å². The van der Waals surface area contributed by atoms with E-state index in [1.807, 2.05) is 0 Å². The number of para-hydroxylation sites is 1. The molecule has 1 amide bonds. The average molecular weight is 389 g/mol. The molecule has 0 spiro atoms. The van der Waals surface area contributed by atoms with Crippen LogP contribution in [0.1, 0.15) is 26.3 Å². The molecule has 2 aromatic carbocycles. The zero-order valence-corrected chi connectivity index (χ0v) is 15.1. The highest BCUT2D eigenvalue weighted by Crippen LogP contribution is 2.32. The minimum absolute atomic E-state index is 0.123. The largest absolute Gasteiger partial charge is 0.454 e. The van der Waals surface area contributed by atoms with E-state index < -0.39 is 11.9 Å². The summed E-state index contributed by atoms with van der Waals surface area (Å²) >= 11 is 0. The third kappa shape index (κ3) is 4.22. The van der Waals surface area contributed by atoms with E-state index in [4.69, 9.17) is 14.2 Å². The molecule has 0 atom stereocenters. The Morgan fingerprint density at radius 2 is 1.90 bits per heavy atom. The number of nitrogens with one attached hydrogen (secondary N) is 1. The number of carbonyl (C=O) groups excluding carboxylic acids is 2. The van der Waals surface area contributed by atoms with Crippen LogP contribution < -0.4 is 19.6 Å². The Morgan fingerprint density at radius 3 is 2.76 bits per heavy atom. The molecule has 3 aromatic rings. The highest BCUT2D eigenvalue weighted by atomic mass is 16.7. The van der Waals surface area contributed by atoms with E-state index in [1.54, 1.807) is 60.8 Å². The zero-order chi connectivity index (χ0) is 20.1. The highest BCUT2D eigenvalue weighted by molar-refractivity contribution is 5.96. The minimum atomic E-state index is -0.552. The van der Waals surface area contributed by atoms with Crippen LogP contribution in [0.5, 0.6) is 17.2 Å². The Balaban J connectivity index is 1.45. The van der Waals surface area contributed by atoms with Crippen LogP contribution in [0.25, 0.3) is 0 Å². The maximum atomic E-state index is 12.5. The Kier molecular flexibility index (Phi) is 5.15. The summed E-state index contributed by atoms with van der Waals surface area (Å²) in [5.74, 6) is 0.424. The molecule has 1 aliphatic heterocycles. The molecule has 0 aliphatic carbocycles. The molecular weight excluding hydrogens is 374 g/mol. The van der Waals surface area contributed by atoms with Crippen molar-refractivity contribution in [3.05, 3.63) is 83.7 Å². The number of hydrazone groups is 1. The van der Waals surface area contributed by atoms with Crippen molar-refractivity contribution in [3.8, 4) is 17.2 Å². The van der Waals surface area contributed by atoms with E-state index in [-0.39, 0.29) is 6.79 Å². The summed E-state index contributed by atoms with van der Waals surface area (Å²) in [6, 6.07) is 14.9. The minimum Gasteiger partial charge on any atom is -0.454 e. The highest BCUT2D eigenvalue weighted by Gasteiger charge is 2.18. The van der Waals surface area contributed by atoms with Crippen LogP contribution in [-0.2, 0) is 0 Å². The number of hydrogen-bond donors (Lipinski definition) is 1. The van der Waals surface area contributed by atoms with E-state index in [9.17, 15) is 9.59 Å². The number of esters is 1. The van der Waals surface area contributed by atoms with E-state index in [0.717, 1.165) is 0 Å². The maximum Gasteiger partial charge on any atom is 0.343 e. The van der Waals surface area contributed by atoms with Crippen molar-refractivity contribution in [3.63, 3.8) is 0 Å². The van der Waals surface area contributed by atoms with Crippen molar-refractivity contribution in [2.45, 2.75) is 0 Å². The maximum absolute atomic E-state index is 12.5. The van der Waals surface area contributed by atoms with Crippen molar-refractivity contribution in [1.82, 2.24) is 10.4 Å². The number of aromatic nitrogens is 1. The molecule has 4 rings (SSSR count). The van der Waals surface area contributed by atoms with E-state index in [0.29, 0.717) is 33.9 Å². The van der Waals surface area contributed by atoms with Gasteiger partial charge in [-0.15, -0.1) is 0 Å². The number of amides is 1. The van der Waals surface area contributed by atoms with Crippen LogP contribution in [0.2, 0.25) is 0 Å². The van der Waals surface area contributed by atoms with Crippen molar-refractivity contribution < 1.29 is 23.8 Å². The number of nitrogens with zero attached hydrogens (tertiary/aromatic N) is 2. The molecule has 144 valence electrons. The quantitative estimate of drug-likeness (QED) is 0.312. The van der Waals surface area contributed by atoms with Gasteiger partial charge in [0.25, 0.3) is 5.91 Å². The summed E-state index contributed by atoms with van der Waals surface area (Å²) in [6.45, 7) is 0.123. The van der Waals surface area contributed by atoms with Gasteiger partial charge in [-0.1, -0.05) is 12.1 Å². The molecule has 0 radical (unpaired) electrons. The smallest absolute Gasteiger partial charge is 0.343 e. The monoisotopic (exact) mass is 389 g/mol. The lowest BCUT2D eigenvalue weighted by Crippen LogP contribution is -2.17. The molecule has 1 aromatic heterocycles. The van der Waals surface area contributed by atoms with Crippen molar-refractivity contribution in [1.29, 1.82) is 0 Å². The molecule has 1 aliphatic rings. The standard InChI is InChI=1S/C21H15N3O5/c25-20(16-5-3-9-22-11-16)24-23-12-15-4-1-2-6-17(15)29-21(26)14-7-8-18-19(10-14)28-13-27-18/h1-12H,13H2,(H,24,25). The average Bonchev–Trinajstić information content (AvgIpc) is 3.23. The van der Waals surface area contributed by atoms with E-state index >= 15 is 0 Å². The fraction of sp³-hybridized carbons (Fsp3) is 0.0476. The van der Waals surface area contributed by atoms with Crippen LogP contribution in [0.15, 0.2) is 72.1 Å². The van der Waals surface area contributed by atoms with Crippen LogP contribution >= 0.6 is 0 Å².